The predicted octanol–water partition coefficient (Wildman–Crippen LogP) is 5.45. The van der Waals surface area contributed by atoms with E-state index < -0.39 is 5.97 Å². The van der Waals surface area contributed by atoms with Crippen LogP contribution in [0.25, 0.3) is 0 Å². The van der Waals surface area contributed by atoms with Gasteiger partial charge in [-0.15, -0.1) is 0 Å². The molecule has 1 rings (SSSR count). The summed E-state index contributed by atoms with van der Waals surface area (Å²) in [7, 11) is 5.00. The van der Waals surface area contributed by atoms with Crippen LogP contribution in [0.3, 0.4) is 0 Å². The average molecular weight is 312 g/mol. The van der Waals surface area contributed by atoms with Crippen molar-refractivity contribution in [2.45, 2.75) is 83.5 Å². The Hall–Kier alpha value is -0.380. The summed E-state index contributed by atoms with van der Waals surface area (Å²) < 4.78 is 16.6. The number of hydrogen-bond donors (Lipinski definition) is 0. The van der Waals surface area contributed by atoms with Gasteiger partial charge in [0.05, 0.1) is 0 Å². The van der Waals surface area contributed by atoms with E-state index in [4.69, 9.17) is 14.2 Å². The maximum absolute atomic E-state index is 5.53. The van der Waals surface area contributed by atoms with E-state index in [1.165, 1.54) is 64.2 Å². The van der Waals surface area contributed by atoms with Crippen LogP contribution in [0.1, 0.15) is 77.6 Å². The number of unbranched alkanes of at least 4 members (excludes halogenated alkanes) is 4. The van der Waals surface area contributed by atoms with Gasteiger partial charge in [0.25, 0.3) is 5.97 Å². The van der Waals surface area contributed by atoms with Crippen LogP contribution < -0.4 is 0 Å². The summed E-state index contributed by atoms with van der Waals surface area (Å²) in [6, 6.07) is 0. The van der Waals surface area contributed by atoms with Crippen molar-refractivity contribution in [1.29, 1.82) is 0 Å². The summed E-state index contributed by atoms with van der Waals surface area (Å²) in [5.41, 5.74) is 1.59. The molecule has 1 aliphatic carbocycles. The quantitative estimate of drug-likeness (QED) is 0.272. The highest BCUT2D eigenvalue weighted by molar-refractivity contribution is 5.10. The van der Waals surface area contributed by atoms with Crippen LogP contribution >= 0.6 is 0 Å². The molecule has 0 saturated heterocycles. The van der Waals surface area contributed by atoms with Crippen LogP contribution in [-0.4, -0.2) is 27.3 Å². The third-order valence-corrected chi connectivity index (χ3v) is 4.94. The van der Waals surface area contributed by atoms with E-state index in [0.717, 1.165) is 6.42 Å². The van der Waals surface area contributed by atoms with E-state index in [-0.39, 0.29) is 0 Å². The summed E-state index contributed by atoms with van der Waals surface area (Å²) in [6.45, 7) is 2.26. The second-order valence-electron chi connectivity index (χ2n) is 6.42. The first-order valence-electron chi connectivity index (χ1n) is 9.05. The Bertz CT molecular complexity index is 300. The lowest BCUT2D eigenvalue weighted by molar-refractivity contribution is -0.358. The zero-order chi connectivity index (χ0) is 16.3. The number of ether oxygens (including phenoxy) is 3. The fraction of sp³-hybridized carbons (Fsp3) is 0.895. The molecular weight excluding hydrogens is 276 g/mol. The zero-order valence-electron chi connectivity index (χ0n) is 15.2. The van der Waals surface area contributed by atoms with Crippen molar-refractivity contribution < 1.29 is 14.2 Å². The van der Waals surface area contributed by atoms with E-state index in [0.29, 0.717) is 5.92 Å². The molecule has 0 aromatic carbocycles. The Balaban J connectivity index is 2.62. The van der Waals surface area contributed by atoms with Crippen molar-refractivity contribution in [3.05, 3.63) is 11.6 Å². The molecule has 0 amide bonds. The first-order chi connectivity index (χ1) is 10.7. The van der Waals surface area contributed by atoms with Gasteiger partial charge in [0, 0.05) is 27.8 Å². The molecule has 0 aromatic heterocycles. The molecular formula is C19H36O3. The van der Waals surface area contributed by atoms with E-state index in [2.05, 4.69) is 13.0 Å². The van der Waals surface area contributed by atoms with Gasteiger partial charge in [0.1, 0.15) is 0 Å². The van der Waals surface area contributed by atoms with Gasteiger partial charge in [-0.3, -0.25) is 0 Å². The van der Waals surface area contributed by atoms with Crippen molar-refractivity contribution >= 4 is 0 Å². The highest BCUT2D eigenvalue weighted by Gasteiger charge is 2.34. The molecule has 0 aromatic rings. The third kappa shape index (κ3) is 6.39. The van der Waals surface area contributed by atoms with Crippen LogP contribution in [0.4, 0.5) is 0 Å². The summed E-state index contributed by atoms with van der Waals surface area (Å²) in [6.07, 6.45) is 16.2. The average Bonchev–Trinajstić information content (AvgIpc) is 2.59. The molecule has 0 fully saturated rings. The zero-order valence-corrected chi connectivity index (χ0v) is 15.2. The molecule has 0 aliphatic heterocycles. The maximum atomic E-state index is 5.53. The number of rotatable bonds is 12. The number of hydrogen-bond acceptors (Lipinski definition) is 3. The Morgan fingerprint density at radius 2 is 1.68 bits per heavy atom. The van der Waals surface area contributed by atoms with Gasteiger partial charge >= 0.3 is 0 Å². The van der Waals surface area contributed by atoms with Gasteiger partial charge in [-0.2, -0.15) is 0 Å². The largest absolute Gasteiger partial charge is 0.331 e. The van der Waals surface area contributed by atoms with Gasteiger partial charge in [0.2, 0.25) is 0 Å². The van der Waals surface area contributed by atoms with Crippen LogP contribution in [0, 0.1) is 5.92 Å². The van der Waals surface area contributed by atoms with Crippen LogP contribution in [0.2, 0.25) is 0 Å². The lowest BCUT2D eigenvalue weighted by Gasteiger charge is -2.34. The van der Waals surface area contributed by atoms with Gasteiger partial charge in [-0.05, 0) is 38.0 Å². The second kappa shape index (κ2) is 11.2. The summed E-state index contributed by atoms with van der Waals surface area (Å²) in [4.78, 5) is 0. The van der Waals surface area contributed by atoms with Gasteiger partial charge in [-0.1, -0.05) is 50.7 Å². The Kier molecular flexibility index (Phi) is 10.0. The van der Waals surface area contributed by atoms with E-state index in [1.54, 1.807) is 26.9 Å². The second-order valence-corrected chi connectivity index (χ2v) is 6.42. The molecule has 22 heavy (non-hydrogen) atoms. The van der Waals surface area contributed by atoms with Crippen molar-refractivity contribution in [3.8, 4) is 0 Å². The molecule has 3 heteroatoms. The molecule has 0 saturated carbocycles. The fourth-order valence-electron chi connectivity index (χ4n) is 3.45. The minimum atomic E-state index is -0.896. The normalized spacial score (nSPS) is 17.4. The molecule has 1 aliphatic rings. The Morgan fingerprint density at radius 1 is 1.00 bits per heavy atom. The number of methoxy groups -OCH3 is 3. The smallest absolute Gasteiger partial charge is 0.282 e. The highest BCUT2D eigenvalue weighted by atomic mass is 16.9. The third-order valence-electron chi connectivity index (χ3n) is 4.94. The predicted molar refractivity (Wildman–Crippen MR) is 91.8 cm³/mol. The van der Waals surface area contributed by atoms with Crippen molar-refractivity contribution in [2.24, 2.45) is 5.92 Å². The van der Waals surface area contributed by atoms with Crippen LogP contribution in [-0.2, 0) is 14.2 Å². The fourth-order valence-corrected chi connectivity index (χ4v) is 3.45. The topological polar surface area (TPSA) is 27.7 Å². The SMILES string of the molecule is CCCCCCCC(CC(OC)(OC)OC)C1=CCCCC1. The molecule has 0 bridgehead atoms. The van der Waals surface area contributed by atoms with E-state index in [1.807, 2.05) is 0 Å². The monoisotopic (exact) mass is 312 g/mol. The van der Waals surface area contributed by atoms with E-state index >= 15 is 0 Å². The molecule has 0 N–H and O–H groups in total. The maximum Gasteiger partial charge on any atom is 0.282 e. The molecule has 0 heterocycles. The van der Waals surface area contributed by atoms with E-state index in [9.17, 15) is 0 Å². The van der Waals surface area contributed by atoms with Crippen molar-refractivity contribution in [3.63, 3.8) is 0 Å². The number of allylic oxidation sites excluding steroid dienone is 2. The molecule has 130 valence electrons. The lowest BCUT2D eigenvalue weighted by Crippen LogP contribution is -2.38. The molecule has 0 spiro atoms. The minimum absolute atomic E-state index is 0.516. The Morgan fingerprint density at radius 3 is 2.23 bits per heavy atom. The van der Waals surface area contributed by atoms with Crippen LogP contribution in [0.5, 0.6) is 0 Å². The standard InChI is InChI=1S/C19H36O3/c1-5-6-7-8-10-15-18(17-13-11-9-12-14-17)16-19(20-2,21-3)22-4/h13,18H,5-12,14-16H2,1-4H3. The van der Waals surface area contributed by atoms with Crippen LogP contribution in [0.15, 0.2) is 11.6 Å². The molecule has 1 atom stereocenters. The molecule has 3 nitrogen and oxygen atoms in total. The van der Waals surface area contributed by atoms with Gasteiger partial charge in [0.15, 0.2) is 0 Å². The summed E-state index contributed by atoms with van der Waals surface area (Å²) in [5.74, 6) is -0.381. The first-order valence-corrected chi connectivity index (χ1v) is 9.05. The minimum Gasteiger partial charge on any atom is -0.331 e. The highest BCUT2D eigenvalue weighted by Crippen LogP contribution is 2.35. The lowest BCUT2D eigenvalue weighted by atomic mass is 9.83. The van der Waals surface area contributed by atoms with Crippen molar-refractivity contribution in [1.82, 2.24) is 0 Å². The summed E-state index contributed by atoms with van der Waals surface area (Å²) in [5, 5.41) is 0. The van der Waals surface area contributed by atoms with Crippen molar-refractivity contribution in [2.75, 3.05) is 21.3 Å². The molecule has 0 radical (unpaired) electrons. The molecule has 1 unspecified atom stereocenters. The van der Waals surface area contributed by atoms with Gasteiger partial charge < -0.3 is 14.2 Å². The van der Waals surface area contributed by atoms with Gasteiger partial charge in [-0.25, -0.2) is 0 Å². The summed E-state index contributed by atoms with van der Waals surface area (Å²) >= 11 is 0. The Labute approximate surface area is 137 Å². The first kappa shape index (κ1) is 19.7.